The summed E-state index contributed by atoms with van der Waals surface area (Å²) in [6, 6.07) is 4.44. The van der Waals surface area contributed by atoms with E-state index in [0.29, 0.717) is 18.7 Å². The van der Waals surface area contributed by atoms with Crippen molar-refractivity contribution in [3.63, 3.8) is 0 Å². The second-order valence-corrected chi connectivity index (χ2v) is 4.83. The van der Waals surface area contributed by atoms with Crippen LogP contribution in [0.4, 0.5) is 4.39 Å². The van der Waals surface area contributed by atoms with Gasteiger partial charge in [-0.2, -0.15) is 0 Å². The zero-order chi connectivity index (χ0) is 13.8. The smallest absolute Gasteiger partial charge is 0.244 e. The molecule has 1 saturated heterocycles. The summed E-state index contributed by atoms with van der Waals surface area (Å²) in [6.07, 6.45) is 0.826. The minimum absolute atomic E-state index is 0.232. The lowest BCUT2D eigenvalue weighted by Gasteiger charge is -2.25. The van der Waals surface area contributed by atoms with Gasteiger partial charge in [-0.15, -0.1) is 0 Å². The molecule has 0 aliphatic carbocycles. The van der Waals surface area contributed by atoms with E-state index in [-0.39, 0.29) is 5.91 Å². The Hall–Kier alpha value is -1.17. The van der Waals surface area contributed by atoms with Crippen molar-refractivity contribution in [2.24, 2.45) is 0 Å². The Bertz CT molecular complexity index is 435. The lowest BCUT2D eigenvalue weighted by atomic mass is 10.0. The highest BCUT2D eigenvalue weighted by Crippen LogP contribution is 2.21. The van der Waals surface area contributed by atoms with E-state index < -0.39 is 18.0 Å². The Labute approximate surface area is 116 Å². The summed E-state index contributed by atoms with van der Waals surface area (Å²) in [5, 5.41) is 10.2. The van der Waals surface area contributed by atoms with Crippen LogP contribution in [-0.4, -0.2) is 35.0 Å². The van der Waals surface area contributed by atoms with E-state index >= 15 is 0 Å². The van der Waals surface area contributed by atoms with Gasteiger partial charge in [-0.3, -0.25) is 4.79 Å². The molecule has 0 bridgehead atoms. The van der Waals surface area contributed by atoms with Crippen molar-refractivity contribution in [1.82, 2.24) is 9.74 Å². The number of halogens is 2. The lowest BCUT2D eigenvalue weighted by Crippen LogP contribution is -2.46. The van der Waals surface area contributed by atoms with Gasteiger partial charge < -0.3 is 10.0 Å². The average Bonchev–Trinajstić information content (AvgIpc) is 2.94. The molecule has 1 fully saturated rings. The quantitative estimate of drug-likeness (QED) is 0.827. The number of hydrogen-bond acceptors (Lipinski definition) is 3. The van der Waals surface area contributed by atoms with Crippen molar-refractivity contribution >= 4 is 17.7 Å². The molecule has 4 nitrogen and oxygen atoms in total. The normalized spacial score (nSPS) is 18.4. The second kappa shape index (κ2) is 6.32. The number of carbonyl (C=O) groups excluding carboxylic acids is 1. The number of rotatable bonds is 4. The van der Waals surface area contributed by atoms with Gasteiger partial charge in [0.15, 0.2) is 0 Å². The summed E-state index contributed by atoms with van der Waals surface area (Å²) < 4.78 is 12.8. The van der Waals surface area contributed by atoms with E-state index in [1.807, 2.05) is 0 Å². The molecule has 1 amide bonds. The molecule has 1 heterocycles. The predicted octanol–water partition coefficient (Wildman–Crippen LogP) is 1.59. The van der Waals surface area contributed by atoms with E-state index in [2.05, 4.69) is 4.84 Å². The Kier molecular flexibility index (Phi) is 4.74. The third-order valence-electron chi connectivity index (χ3n) is 3.33. The monoisotopic (exact) mass is 286 g/mol. The molecule has 104 valence electrons. The van der Waals surface area contributed by atoms with Gasteiger partial charge in [0.25, 0.3) is 0 Å². The number of amides is 1. The maximum absolute atomic E-state index is 12.8. The number of aliphatic hydroxyl groups is 1. The van der Waals surface area contributed by atoms with E-state index in [0.717, 1.165) is 12.8 Å². The van der Waals surface area contributed by atoms with Crippen LogP contribution in [0.25, 0.3) is 0 Å². The van der Waals surface area contributed by atoms with Crippen LogP contribution in [0, 0.1) is 5.82 Å². The largest absolute Gasteiger partial charge is 0.386 e. The minimum Gasteiger partial charge on any atom is -0.386 e. The average molecular weight is 287 g/mol. The molecule has 19 heavy (non-hydrogen) atoms. The van der Waals surface area contributed by atoms with E-state index in [4.69, 9.17) is 11.8 Å². The third-order valence-corrected chi connectivity index (χ3v) is 3.56. The molecule has 2 N–H and O–H groups in total. The van der Waals surface area contributed by atoms with E-state index in [9.17, 15) is 14.3 Å². The van der Waals surface area contributed by atoms with Crippen LogP contribution >= 0.6 is 11.8 Å². The van der Waals surface area contributed by atoms with Crippen LogP contribution in [0.15, 0.2) is 24.3 Å². The minimum atomic E-state index is -1.11. The molecule has 0 radical (unpaired) electrons. The summed E-state index contributed by atoms with van der Waals surface area (Å²) in [6.45, 7) is 1.37. The summed E-state index contributed by atoms with van der Waals surface area (Å²) in [4.78, 5) is 16.2. The zero-order valence-electron chi connectivity index (χ0n) is 10.4. The summed E-state index contributed by atoms with van der Waals surface area (Å²) in [7, 11) is 0. The highest BCUT2D eigenvalue weighted by Gasteiger charge is 2.32. The summed E-state index contributed by atoms with van der Waals surface area (Å²) >= 11 is 5.59. The van der Waals surface area contributed by atoms with Crippen LogP contribution in [0.1, 0.15) is 24.5 Å². The van der Waals surface area contributed by atoms with Crippen LogP contribution < -0.4 is 4.84 Å². The first kappa shape index (κ1) is 14.2. The molecule has 6 heteroatoms. The van der Waals surface area contributed by atoms with Gasteiger partial charge in [0, 0.05) is 13.1 Å². The van der Waals surface area contributed by atoms with Crippen molar-refractivity contribution < 1.29 is 14.3 Å². The van der Waals surface area contributed by atoms with Crippen molar-refractivity contribution in [3.05, 3.63) is 35.6 Å². The van der Waals surface area contributed by atoms with Crippen molar-refractivity contribution in [2.45, 2.75) is 25.0 Å². The van der Waals surface area contributed by atoms with Gasteiger partial charge in [-0.05, 0) is 42.3 Å². The fourth-order valence-corrected chi connectivity index (χ4v) is 2.44. The number of carbonyl (C=O) groups is 1. The third kappa shape index (κ3) is 3.23. The highest BCUT2D eigenvalue weighted by molar-refractivity contribution is 6.15. The van der Waals surface area contributed by atoms with Gasteiger partial charge in [-0.25, -0.2) is 9.23 Å². The number of aliphatic hydroxyl groups excluding tert-OH is 1. The maximum Gasteiger partial charge on any atom is 0.244 e. The fraction of sp³-hybridized carbons (Fsp3) is 0.462. The van der Waals surface area contributed by atoms with Crippen molar-refractivity contribution in [2.75, 3.05) is 13.1 Å². The SMILES string of the molecule is O=C(C(NCl)C(O)c1ccc(F)cc1)N1CCCC1. The standard InChI is InChI=1S/C13H16ClFN2O2/c14-16-11(13(19)17-7-1-2-8-17)12(18)9-3-5-10(15)6-4-9/h3-6,11-12,16,18H,1-2,7-8H2. The van der Waals surface area contributed by atoms with Crippen molar-refractivity contribution in [1.29, 1.82) is 0 Å². The first-order chi connectivity index (χ1) is 9.13. The first-order valence-electron chi connectivity index (χ1n) is 6.22. The number of nitrogens with zero attached hydrogens (tertiary/aromatic N) is 1. The van der Waals surface area contributed by atoms with Crippen molar-refractivity contribution in [3.8, 4) is 0 Å². The van der Waals surface area contributed by atoms with Crippen LogP contribution in [0.3, 0.4) is 0 Å². The highest BCUT2D eigenvalue weighted by atomic mass is 35.5. The Morgan fingerprint density at radius 3 is 2.42 bits per heavy atom. The summed E-state index contributed by atoms with van der Waals surface area (Å²) in [5.74, 6) is -0.624. The molecule has 2 rings (SSSR count). The van der Waals surface area contributed by atoms with Gasteiger partial charge >= 0.3 is 0 Å². The summed E-state index contributed by atoms with van der Waals surface area (Å²) in [5.41, 5.74) is 0.451. The van der Waals surface area contributed by atoms with E-state index in [1.54, 1.807) is 4.90 Å². The van der Waals surface area contributed by atoms with Crippen LogP contribution in [0.2, 0.25) is 0 Å². The molecule has 0 aromatic heterocycles. The molecule has 0 saturated carbocycles. The van der Waals surface area contributed by atoms with Gasteiger partial charge in [0.2, 0.25) is 5.91 Å². The van der Waals surface area contributed by atoms with Crippen LogP contribution in [0.5, 0.6) is 0 Å². The Morgan fingerprint density at radius 1 is 1.32 bits per heavy atom. The van der Waals surface area contributed by atoms with Crippen LogP contribution in [-0.2, 0) is 4.79 Å². The Morgan fingerprint density at radius 2 is 1.89 bits per heavy atom. The first-order valence-corrected chi connectivity index (χ1v) is 6.60. The number of benzene rings is 1. The lowest BCUT2D eigenvalue weighted by molar-refractivity contribution is -0.134. The molecule has 1 aliphatic rings. The molecule has 1 aromatic rings. The fourth-order valence-electron chi connectivity index (χ4n) is 2.23. The molecule has 1 aliphatic heterocycles. The zero-order valence-corrected chi connectivity index (χ0v) is 11.1. The van der Waals surface area contributed by atoms with Gasteiger partial charge in [0.1, 0.15) is 18.0 Å². The molecule has 0 spiro atoms. The predicted molar refractivity (Wildman–Crippen MR) is 70.0 cm³/mol. The molecule has 1 aromatic carbocycles. The van der Waals surface area contributed by atoms with Gasteiger partial charge in [-0.1, -0.05) is 12.1 Å². The number of hydrogen-bond donors (Lipinski definition) is 2. The topological polar surface area (TPSA) is 52.6 Å². The molecular formula is C13H16ClFN2O2. The second-order valence-electron chi connectivity index (χ2n) is 4.62. The number of nitrogens with one attached hydrogen (secondary N) is 1. The molecular weight excluding hydrogens is 271 g/mol. The van der Waals surface area contributed by atoms with E-state index in [1.165, 1.54) is 24.3 Å². The molecule has 2 atom stereocenters. The maximum atomic E-state index is 12.8. The molecule has 2 unspecified atom stereocenters. The number of likely N-dealkylation sites (tertiary alicyclic amines) is 1. The Balaban J connectivity index is 2.11. The van der Waals surface area contributed by atoms with Gasteiger partial charge in [0.05, 0.1) is 0 Å².